The fourth-order valence-electron chi connectivity index (χ4n) is 2.28. The molecule has 0 saturated carbocycles. The highest BCUT2D eigenvalue weighted by Gasteiger charge is 2.29. The van der Waals surface area contributed by atoms with Crippen LogP contribution in [0.4, 0.5) is 5.69 Å². The molecule has 2 rings (SSSR count). The van der Waals surface area contributed by atoms with E-state index < -0.39 is 26.8 Å². The van der Waals surface area contributed by atoms with E-state index in [9.17, 15) is 28.1 Å². The quantitative estimate of drug-likeness (QED) is 0.535. The van der Waals surface area contributed by atoms with Crippen molar-refractivity contribution in [1.82, 2.24) is 4.31 Å². The van der Waals surface area contributed by atoms with E-state index in [1.165, 1.54) is 0 Å². The molecule has 0 unspecified atom stereocenters. The van der Waals surface area contributed by atoms with Crippen LogP contribution in [0.3, 0.4) is 0 Å². The van der Waals surface area contributed by atoms with Crippen LogP contribution in [0.2, 0.25) is 0 Å². The standard InChI is InChI=1S/C17H17N3O6S/c18-16(21)10-11-17(22)19(12-13-4-2-1-3-5-13)27(25,26)15-8-6-14(7-9-15)20(23)24/h1-9H,10-12H2,(H2,18,21). The van der Waals surface area contributed by atoms with E-state index in [1.807, 2.05) is 0 Å². The summed E-state index contributed by atoms with van der Waals surface area (Å²) in [4.78, 5) is 33.2. The Hall–Kier alpha value is -3.27. The minimum absolute atomic E-state index is 0.238. The molecular weight excluding hydrogens is 374 g/mol. The number of non-ortho nitro benzene ring substituents is 1. The molecule has 10 heteroatoms. The lowest BCUT2D eigenvalue weighted by atomic mass is 10.2. The number of sulfonamides is 1. The maximum atomic E-state index is 12.9. The van der Waals surface area contributed by atoms with Gasteiger partial charge in [0.1, 0.15) is 0 Å². The van der Waals surface area contributed by atoms with Gasteiger partial charge in [-0.25, -0.2) is 12.7 Å². The van der Waals surface area contributed by atoms with Gasteiger partial charge in [0.15, 0.2) is 0 Å². The smallest absolute Gasteiger partial charge is 0.269 e. The van der Waals surface area contributed by atoms with Crippen molar-refractivity contribution in [2.24, 2.45) is 5.73 Å². The molecule has 0 saturated heterocycles. The van der Waals surface area contributed by atoms with Crippen molar-refractivity contribution in [3.63, 3.8) is 0 Å². The van der Waals surface area contributed by atoms with Crippen LogP contribution in [0.5, 0.6) is 0 Å². The average Bonchev–Trinajstić information content (AvgIpc) is 2.65. The number of amides is 2. The van der Waals surface area contributed by atoms with Crippen LogP contribution in [0.25, 0.3) is 0 Å². The summed E-state index contributed by atoms with van der Waals surface area (Å²) in [6, 6.07) is 12.6. The van der Waals surface area contributed by atoms with Crippen molar-refractivity contribution in [2.45, 2.75) is 24.3 Å². The third-order valence-corrected chi connectivity index (χ3v) is 5.45. The Labute approximate surface area is 155 Å². The molecule has 0 aliphatic carbocycles. The van der Waals surface area contributed by atoms with Crippen molar-refractivity contribution < 1.29 is 22.9 Å². The van der Waals surface area contributed by atoms with Gasteiger partial charge in [0.25, 0.3) is 15.7 Å². The molecule has 2 aromatic rings. The predicted molar refractivity (Wildman–Crippen MR) is 95.7 cm³/mol. The summed E-state index contributed by atoms with van der Waals surface area (Å²) < 4.78 is 26.5. The van der Waals surface area contributed by atoms with Gasteiger partial charge in [-0.15, -0.1) is 0 Å². The molecule has 0 bridgehead atoms. The summed E-state index contributed by atoms with van der Waals surface area (Å²) in [6.45, 7) is -0.238. The zero-order valence-corrected chi connectivity index (χ0v) is 15.0. The number of benzene rings is 2. The first-order valence-corrected chi connectivity index (χ1v) is 9.28. The van der Waals surface area contributed by atoms with Crippen LogP contribution in [-0.4, -0.2) is 29.5 Å². The van der Waals surface area contributed by atoms with Crippen LogP contribution >= 0.6 is 0 Å². The van der Waals surface area contributed by atoms with Crippen LogP contribution < -0.4 is 5.73 Å². The zero-order chi connectivity index (χ0) is 20.0. The van der Waals surface area contributed by atoms with Gasteiger partial charge in [-0.2, -0.15) is 0 Å². The molecule has 0 aromatic heterocycles. The Morgan fingerprint density at radius 1 is 1.00 bits per heavy atom. The largest absolute Gasteiger partial charge is 0.370 e. The lowest BCUT2D eigenvalue weighted by molar-refractivity contribution is -0.384. The lowest BCUT2D eigenvalue weighted by Gasteiger charge is -2.22. The van der Waals surface area contributed by atoms with Crippen molar-refractivity contribution >= 4 is 27.5 Å². The number of rotatable bonds is 8. The molecular formula is C17H17N3O6S. The van der Waals surface area contributed by atoms with E-state index in [0.29, 0.717) is 9.87 Å². The normalized spacial score (nSPS) is 11.0. The molecule has 2 N–H and O–H groups in total. The Kier molecular flexibility index (Phi) is 6.24. The average molecular weight is 391 g/mol. The number of carbonyl (C=O) groups excluding carboxylic acids is 2. The number of nitro benzene ring substituents is 1. The van der Waals surface area contributed by atoms with E-state index in [4.69, 9.17) is 5.73 Å². The molecule has 0 atom stereocenters. The third kappa shape index (κ3) is 5.11. The topological polar surface area (TPSA) is 141 Å². The molecule has 0 fully saturated rings. The first kappa shape index (κ1) is 20.0. The van der Waals surface area contributed by atoms with Crippen LogP contribution in [0.15, 0.2) is 59.5 Å². The number of hydrogen-bond donors (Lipinski definition) is 1. The van der Waals surface area contributed by atoms with Gasteiger partial charge in [0.2, 0.25) is 11.8 Å². The molecule has 142 valence electrons. The summed E-state index contributed by atoms with van der Waals surface area (Å²) in [5, 5.41) is 10.7. The van der Waals surface area contributed by atoms with Crippen molar-refractivity contribution in [1.29, 1.82) is 0 Å². The van der Waals surface area contributed by atoms with Gasteiger partial charge in [-0.05, 0) is 17.7 Å². The molecule has 0 radical (unpaired) electrons. The van der Waals surface area contributed by atoms with Crippen LogP contribution in [0, 0.1) is 10.1 Å². The number of carbonyl (C=O) groups is 2. The second-order valence-electron chi connectivity index (χ2n) is 5.61. The van der Waals surface area contributed by atoms with E-state index in [0.717, 1.165) is 24.3 Å². The van der Waals surface area contributed by atoms with Gasteiger partial charge >= 0.3 is 0 Å². The summed E-state index contributed by atoms with van der Waals surface area (Å²) in [7, 11) is -4.28. The third-order valence-electron chi connectivity index (χ3n) is 3.67. The minimum Gasteiger partial charge on any atom is -0.370 e. The molecule has 0 aliphatic heterocycles. The summed E-state index contributed by atoms with van der Waals surface area (Å²) in [5.74, 6) is -1.52. The summed E-state index contributed by atoms with van der Waals surface area (Å²) in [6.07, 6.45) is -0.658. The van der Waals surface area contributed by atoms with Gasteiger partial charge in [-0.1, -0.05) is 30.3 Å². The van der Waals surface area contributed by atoms with Crippen LogP contribution in [-0.2, 0) is 26.2 Å². The molecule has 9 nitrogen and oxygen atoms in total. The fourth-order valence-corrected chi connectivity index (χ4v) is 3.69. The summed E-state index contributed by atoms with van der Waals surface area (Å²) >= 11 is 0. The Balaban J connectivity index is 2.38. The highest BCUT2D eigenvalue weighted by molar-refractivity contribution is 7.89. The lowest BCUT2D eigenvalue weighted by Crippen LogP contribution is -2.36. The number of nitrogens with two attached hydrogens (primary N) is 1. The number of nitro groups is 1. The van der Waals surface area contributed by atoms with Gasteiger partial charge in [0.05, 0.1) is 16.4 Å². The maximum absolute atomic E-state index is 12.9. The maximum Gasteiger partial charge on any atom is 0.269 e. The second kappa shape index (κ2) is 8.41. The van der Waals surface area contributed by atoms with E-state index >= 15 is 0 Å². The Morgan fingerprint density at radius 3 is 2.11 bits per heavy atom. The zero-order valence-electron chi connectivity index (χ0n) is 14.1. The number of nitrogens with zero attached hydrogens (tertiary/aromatic N) is 2. The Morgan fingerprint density at radius 2 is 1.59 bits per heavy atom. The number of hydrogen-bond acceptors (Lipinski definition) is 6. The molecule has 0 spiro atoms. The van der Waals surface area contributed by atoms with Gasteiger partial charge < -0.3 is 5.73 Å². The SMILES string of the molecule is NC(=O)CCC(=O)N(Cc1ccccc1)S(=O)(=O)c1ccc([N+](=O)[O-])cc1. The fraction of sp³-hybridized carbons (Fsp3) is 0.176. The van der Waals surface area contributed by atoms with Crippen molar-refractivity contribution in [2.75, 3.05) is 0 Å². The van der Waals surface area contributed by atoms with E-state index in [2.05, 4.69) is 0 Å². The van der Waals surface area contributed by atoms with Crippen LogP contribution in [0.1, 0.15) is 18.4 Å². The predicted octanol–water partition coefficient (Wildman–Crippen LogP) is 1.58. The molecule has 27 heavy (non-hydrogen) atoms. The highest BCUT2D eigenvalue weighted by atomic mass is 32.2. The molecule has 2 amide bonds. The molecule has 0 aliphatic rings. The van der Waals surface area contributed by atoms with Gasteiger partial charge in [0, 0.05) is 25.0 Å². The first-order valence-electron chi connectivity index (χ1n) is 7.84. The molecule has 0 heterocycles. The summed E-state index contributed by atoms with van der Waals surface area (Å²) in [5.41, 5.74) is 5.33. The minimum atomic E-state index is -4.28. The van der Waals surface area contributed by atoms with E-state index in [1.54, 1.807) is 30.3 Å². The first-order chi connectivity index (χ1) is 12.7. The van der Waals surface area contributed by atoms with Gasteiger partial charge in [-0.3, -0.25) is 19.7 Å². The van der Waals surface area contributed by atoms with E-state index in [-0.39, 0.29) is 30.0 Å². The second-order valence-corrected chi connectivity index (χ2v) is 7.47. The number of primary amides is 1. The highest BCUT2D eigenvalue weighted by Crippen LogP contribution is 2.22. The van der Waals surface area contributed by atoms with Crippen molar-refractivity contribution in [3.8, 4) is 0 Å². The van der Waals surface area contributed by atoms with Crippen molar-refractivity contribution in [3.05, 3.63) is 70.3 Å². The monoisotopic (exact) mass is 391 g/mol. The molecule has 2 aromatic carbocycles. The Bertz CT molecular complexity index is 942.